The molecule has 0 saturated heterocycles. The molecule has 1 N–H and O–H groups in total. The van der Waals surface area contributed by atoms with Gasteiger partial charge in [0.05, 0.1) is 25.7 Å². The van der Waals surface area contributed by atoms with Gasteiger partial charge in [-0.3, -0.25) is 9.59 Å². The lowest BCUT2D eigenvalue weighted by molar-refractivity contribution is -0.113. The van der Waals surface area contributed by atoms with Crippen LogP contribution in [-0.4, -0.2) is 37.4 Å². The molecule has 0 aromatic heterocycles. The molecule has 1 amide bonds. The highest BCUT2D eigenvalue weighted by Gasteiger charge is 2.10. The van der Waals surface area contributed by atoms with Crippen LogP contribution in [-0.2, 0) is 4.79 Å². The molecule has 0 radical (unpaired) electrons. The minimum absolute atomic E-state index is 0.0250. The van der Waals surface area contributed by atoms with E-state index in [-0.39, 0.29) is 23.2 Å². The molecule has 0 aliphatic carbocycles. The molecule has 0 heterocycles. The van der Waals surface area contributed by atoms with E-state index in [1.807, 2.05) is 32.0 Å². The van der Waals surface area contributed by atoms with Gasteiger partial charge in [0.15, 0.2) is 17.3 Å². The molecule has 6 heteroatoms. The second-order valence-corrected chi connectivity index (χ2v) is 6.82. The van der Waals surface area contributed by atoms with Crippen LogP contribution in [0.5, 0.6) is 11.5 Å². The summed E-state index contributed by atoms with van der Waals surface area (Å²) in [4.78, 5) is 24.3. The maximum absolute atomic E-state index is 12.2. The number of rotatable bonds is 8. The van der Waals surface area contributed by atoms with Crippen LogP contribution in [0.25, 0.3) is 0 Å². The molecule has 0 atom stereocenters. The Hall–Kier alpha value is -2.47. The number of ether oxygens (including phenoxy) is 2. The van der Waals surface area contributed by atoms with Gasteiger partial charge in [-0.05, 0) is 43.2 Å². The predicted molar refractivity (Wildman–Crippen MR) is 106 cm³/mol. The number of methoxy groups -OCH3 is 2. The first-order chi connectivity index (χ1) is 12.4. The molecule has 0 bridgehead atoms. The van der Waals surface area contributed by atoms with E-state index in [1.165, 1.54) is 18.9 Å². The second kappa shape index (κ2) is 9.29. The molecule has 5 nitrogen and oxygen atoms in total. The third-order valence-electron chi connectivity index (χ3n) is 3.96. The zero-order valence-corrected chi connectivity index (χ0v) is 16.2. The third kappa shape index (κ3) is 5.26. The first-order valence-electron chi connectivity index (χ1n) is 8.14. The Kier molecular flexibility index (Phi) is 7.09. The largest absolute Gasteiger partial charge is 0.493 e. The number of thioether (sulfide) groups is 1. The highest BCUT2D eigenvalue weighted by molar-refractivity contribution is 8.00. The molecule has 0 spiro atoms. The number of amides is 1. The molecule has 0 aliphatic rings. The number of nitrogens with one attached hydrogen (secondary N) is 1. The molecule has 26 heavy (non-hydrogen) atoms. The van der Waals surface area contributed by atoms with Crippen molar-refractivity contribution in [2.24, 2.45) is 0 Å². The molecule has 2 aromatic carbocycles. The zero-order valence-electron chi connectivity index (χ0n) is 15.4. The van der Waals surface area contributed by atoms with E-state index in [4.69, 9.17) is 9.47 Å². The van der Waals surface area contributed by atoms with Crippen molar-refractivity contribution >= 4 is 29.1 Å². The highest BCUT2D eigenvalue weighted by Crippen LogP contribution is 2.29. The van der Waals surface area contributed by atoms with E-state index in [9.17, 15) is 9.59 Å². The summed E-state index contributed by atoms with van der Waals surface area (Å²) in [6.07, 6.45) is 0. The molecule has 0 unspecified atom stereocenters. The maximum Gasteiger partial charge on any atom is 0.234 e. The van der Waals surface area contributed by atoms with Crippen molar-refractivity contribution in [3.05, 3.63) is 53.1 Å². The van der Waals surface area contributed by atoms with Gasteiger partial charge in [0.25, 0.3) is 0 Å². The fraction of sp³-hybridized carbons (Fsp3) is 0.300. The van der Waals surface area contributed by atoms with Gasteiger partial charge in [-0.2, -0.15) is 0 Å². The number of hydrogen-bond acceptors (Lipinski definition) is 5. The Morgan fingerprint density at radius 3 is 2.31 bits per heavy atom. The van der Waals surface area contributed by atoms with Gasteiger partial charge in [-0.15, -0.1) is 11.8 Å². The topological polar surface area (TPSA) is 64.6 Å². The van der Waals surface area contributed by atoms with Crippen molar-refractivity contribution in [3.8, 4) is 11.5 Å². The number of anilines is 1. The van der Waals surface area contributed by atoms with Crippen LogP contribution in [0, 0.1) is 13.8 Å². The lowest BCUT2D eigenvalue weighted by atomic mass is 10.0. The van der Waals surface area contributed by atoms with Gasteiger partial charge in [0.2, 0.25) is 5.91 Å². The monoisotopic (exact) mass is 373 g/mol. The van der Waals surface area contributed by atoms with Crippen LogP contribution in [0.4, 0.5) is 5.69 Å². The van der Waals surface area contributed by atoms with E-state index < -0.39 is 0 Å². The van der Waals surface area contributed by atoms with Crippen molar-refractivity contribution < 1.29 is 19.1 Å². The lowest BCUT2D eigenvalue weighted by Crippen LogP contribution is -2.15. The molecule has 0 fully saturated rings. The van der Waals surface area contributed by atoms with Crippen LogP contribution in [0.15, 0.2) is 36.4 Å². The van der Waals surface area contributed by atoms with Crippen molar-refractivity contribution in [2.45, 2.75) is 13.8 Å². The number of hydrogen-bond donors (Lipinski definition) is 1. The van der Waals surface area contributed by atoms with E-state index in [0.717, 1.165) is 11.1 Å². The molecule has 2 aromatic rings. The predicted octanol–water partition coefficient (Wildman–Crippen LogP) is 3.88. The molecular weight excluding hydrogens is 350 g/mol. The van der Waals surface area contributed by atoms with Gasteiger partial charge in [0, 0.05) is 17.3 Å². The second-order valence-electron chi connectivity index (χ2n) is 5.83. The first-order valence-corrected chi connectivity index (χ1v) is 9.30. The van der Waals surface area contributed by atoms with Gasteiger partial charge in [0.1, 0.15) is 0 Å². The molecule has 0 saturated carbocycles. The molecular formula is C20H23NO4S. The van der Waals surface area contributed by atoms with Crippen molar-refractivity contribution in [1.82, 2.24) is 0 Å². The first kappa shape index (κ1) is 19.8. The van der Waals surface area contributed by atoms with Crippen molar-refractivity contribution in [2.75, 3.05) is 31.0 Å². The Morgan fingerprint density at radius 2 is 1.65 bits per heavy atom. The van der Waals surface area contributed by atoms with E-state index in [1.54, 1.807) is 25.3 Å². The Balaban J connectivity index is 1.85. The van der Waals surface area contributed by atoms with Crippen molar-refractivity contribution in [3.63, 3.8) is 0 Å². The summed E-state index contributed by atoms with van der Waals surface area (Å²) in [6.45, 7) is 3.99. The summed E-state index contributed by atoms with van der Waals surface area (Å²) in [5.74, 6) is 1.46. The summed E-state index contributed by atoms with van der Waals surface area (Å²) >= 11 is 1.29. The van der Waals surface area contributed by atoms with Gasteiger partial charge < -0.3 is 14.8 Å². The fourth-order valence-corrected chi connectivity index (χ4v) is 3.06. The highest BCUT2D eigenvalue weighted by atomic mass is 32.2. The third-order valence-corrected chi connectivity index (χ3v) is 4.90. The average Bonchev–Trinajstić information content (AvgIpc) is 2.63. The minimum atomic E-state index is -0.171. The standard InChI is InChI=1S/C20H23NO4S/c1-13-5-6-15(9-14(13)2)17(22)11-26-12-20(23)21-16-7-8-18(24-3)19(10-16)25-4/h5-10H,11-12H2,1-4H3,(H,21,23). The van der Waals surface area contributed by atoms with E-state index in [2.05, 4.69) is 5.32 Å². The molecule has 138 valence electrons. The Bertz CT molecular complexity index is 804. The number of carbonyl (C=O) groups excluding carboxylic acids is 2. The number of benzene rings is 2. The van der Waals surface area contributed by atoms with Gasteiger partial charge >= 0.3 is 0 Å². The van der Waals surface area contributed by atoms with Crippen LogP contribution >= 0.6 is 11.8 Å². The normalized spacial score (nSPS) is 10.3. The van der Waals surface area contributed by atoms with Crippen LogP contribution in [0.3, 0.4) is 0 Å². The fourth-order valence-electron chi connectivity index (χ4n) is 2.35. The summed E-state index contributed by atoms with van der Waals surface area (Å²) in [5.41, 5.74) is 3.55. The quantitative estimate of drug-likeness (QED) is 0.712. The zero-order chi connectivity index (χ0) is 19.1. The van der Waals surface area contributed by atoms with Crippen LogP contribution in [0.2, 0.25) is 0 Å². The Labute approximate surface area is 158 Å². The summed E-state index contributed by atoms with van der Waals surface area (Å²) in [7, 11) is 3.09. The maximum atomic E-state index is 12.2. The van der Waals surface area contributed by atoms with Crippen LogP contribution in [0.1, 0.15) is 21.5 Å². The number of Topliss-reactive ketones (excluding diaryl/α,β-unsaturated/α-hetero) is 1. The summed E-state index contributed by atoms with van der Waals surface area (Å²) in [6, 6.07) is 10.8. The van der Waals surface area contributed by atoms with Crippen molar-refractivity contribution in [1.29, 1.82) is 0 Å². The number of ketones is 1. The summed E-state index contributed by atoms with van der Waals surface area (Å²) in [5, 5.41) is 2.79. The average molecular weight is 373 g/mol. The summed E-state index contributed by atoms with van der Waals surface area (Å²) < 4.78 is 10.4. The van der Waals surface area contributed by atoms with Gasteiger partial charge in [-0.1, -0.05) is 12.1 Å². The van der Waals surface area contributed by atoms with E-state index >= 15 is 0 Å². The number of carbonyl (C=O) groups is 2. The van der Waals surface area contributed by atoms with E-state index in [0.29, 0.717) is 22.7 Å². The Morgan fingerprint density at radius 1 is 0.923 bits per heavy atom. The molecule has 2 rings (SSSR count). The van der Waals surface area contributed by atoms with Crippen LogP contribution < -0.4 is 14.8 Å². The lowest BCUT2D eigenvalue weighted by Gasteiger charge is -2.10. The SMILES string of the molecule is COc1ccc(NC(=O)CSCC(=O)c2ccc(C)c(C)c2)cc1OC. The smallest absolute Gasteiger partial charge is 0.234 e. The minimum Gasteiger partial charge on any atom is -0.493 e. The van der Waals surface area contributed by atoms with Gasteiger partial charge in [-0.25, -0.2) is 0 Å². The molecule has 0 aliphatic heterocycles. The number of aryl methyl sites for hydroxylation is 2.